The average molecular weight is 212 g/mol. The first-order valence-electron chi connectivity index (χ1n) is 3.88. The number of alkyl halides is 1. The van der Waals surface area contributed by atoms with E-state index in [4.69, 9.17) is 16.7 Å². The van der Waals surface area contributed by atoms with Crippen molar-refractivity contribution in [2.45, 2.75) is 18.9 Å². The van der Waals surface area contributed by atoms with Crippen molar-refractivity contribution in [3.63, 3.8) is 0 Å². The Labute approximate surface area is 81.9 Å². The quantitative estimate of drug-likeness (QED) is 0.304. The summed E-state index contributed by atoms with van der Waals surface area (Å²) in [6.07, 6.45) is 0.501. The normalized spacial score (nSPS) is 14.0. The highest BCUT2D eigenvalue weighted by Crippen LogP contribution is 1.97. The molecule has 0 saturated carbocycles. The van der Waals surface area contributed by atoms with E-state index in [-0.39, 0.29) is 11.6 Å². The molecule has 0 bridgehead atoms. The van der Waals surface area contributed by atoms with E-state index in [1.165, 1.54) is 12.1 Å². The van der Waals surface area contributed by atoms with Crippen LogP contribution in [0.1, 0.15) is 13.3 Å². The second-order valence-corrected chi connectivity index (χ2v) is 3.06. The Kier molecular flexibility index (Phi) is 6.34. The van der Waals surface area contributed by atoms with Gasteiger partial charge in [0.1, 0.15) is 0 Å². The summed E-state index contributed by atoms with van der Waals surface area (Å²) in [5.41, 5.74) is -0.636. The minimum atomic E-state index is -0.636. The molecule has 1 unspecified atom stereocenters. The highest BCUT2D eigenvalue weighted by Gasteiger charge is 2.06. The minimum Gasteiger partial charge on any atom is -0.569 e. The molecule has 13 heavy (non-hydrogen) atoms. The third kappa shape index (κ3) is 6.41. The molecule has 0 aliphatic heterocycles. The van der Waals surface area contributed by atoms with Gasteiger partial charge in [-0.2, -0.15) is 0 Å². The van der Waals surface area contributed by atoms with Gasteiger partial charge < -0.3 is 15.2 Å². The number of hydrogen-bond donors (Lipinski definition) is 1. The maximum Gasteiger partial charge on any atom is 0.234 e. The van der Waals surface area contributed by atoms with Crippen molar-refractivity contribution in [2.24, 2.45) is 5.28 Å². The van der Waals surface area contributed by atoms with Gasteiger partial charge in [0.05, 0.1) is 18.6 Å². The highest BCUT2D eigenvalue weighted by atomic mass is 35.5. The van der Waals surface area contributed by atoms with E-state index in [9.17, 15) is 5.21 Å². The van der Waals surface area contributed by atoms with Crippen LogP contribution >= 0.6 is 11.6 Å². The van der Waals surface area contributed by atoms with Gasteiger partial charge in [-0.05, 0) is 13.3 Å². The molecule has 0 radical (unpaired) electrons. The van der Waals surface area contributed by atoms with Gasteiger partial charge in [-0.25, -0.2) is 0 Å². The number of aliphatic hydroxyl groups is 1. The Morgan fingerprint density at radius 3 is 2.85 bits per heavy atom. The van der Waals surface area contributed by atoms with Crippen LogP contribution in [0.15, 0.2) is 5.28 Å². The first-order chi connectivity index (χ1) is 6.07. The van der Waals surface area contributed by atoms with Crippen molar-refractivity contribution in [3.05, 3.63) is 5.21 Å². The summed E-state index contributed by atoms with van der Waals surface area (Å²) < 4.78 is 0. The molecule has 0 spiro atoms. The molecule has 0 saturated heterocycles. The molecule has 0 fully saturated rings. The molecule has 0 aliphatic carbocycles. The lowest BCUT2D eigenvalue weighted by atomic mass is 10.4. The van der Waals surface area contributed by atoms with Crippen LogP contribution in [0.5, 0.6) is 0 Å². The fourth-order valence-electron chi connectivity index (χ4n) is 0.553. The number of rotatable bonds is 6. The van der Waals surface area contributed by atoms with Crippen molar-refractivity contribution in [1.82, 2.24) is 5.01 Å². The molecule has 6 nitrogen and oxygen atoms in total. The minimum absolute atomic E-state index is 0.0327. The van der Waals surface area contributed by atoms with Gasteiger partial charge in [-0.1, -0.05) is 11.6 Å². The van der Waals surface area contributed by atoms with Crippen LogP contribution in [0.25, 0.3) is 0 Å². The molecule has 1 atom stereocenters. The lowest BCUT2D eigenvalue weighted by Gasteiger charge is -2.11. The Morgan fingerprint density at radius 2 is 2.38 bits per heavy atom. The van der Waals surface area contributed by atoms with Crippen molar-refractivity contribution < 1.29 is 14.9 Å². The summed E-state index contributed by atoms with van der Waals surface area (Å²) in [6, 6.07) is 0. The fraction of sp³-hybridized carbons (Fsp3) is 1.00. The first kappa shape index (κ1) is 12.2. The van der Waals surface area contributed by atoms with Crippen molar-refractivity contribution in [1.29, 1.82) is 0 Å². The van der Waals surface area contributed by atoms with Crippen LogP contribution in [-0.2, 0) is 4.84 Å². The lowest BCUT2D eigenvalue weighted by molar-refractivity contribution is -0.706. The summed E-state index contributed by atoms with van der Waals surface area (Å²) in [5.74, 6) is 0. The number of halogens is 1. The number of hydrogen-bond acceptors (Lipinski definition) is 4. The van der Waals surface area contributed by atoms with Crippen LogP contribution in [-0.4, -0.2) is 40.8 Å². The van der Waals surface area contributed by atoms with Gasteiger partial charge in [0.25, 0.3) is 0 Å². The molecular weight excluding hydrogens is 198 g/mol. The maximum atomic E-state index is 11.0. The van der Waals surface area contributed by atoms with Crippen molar-refractivity contribution in [3.8, 4) is 0 Å². The molecule has 0 aromatic rings. The van der Waals surface area contributed by atoms with E-state index in [2.05, 4.69) is 10.1 Å². The molecule has 0 heterocycles. The molecule has 0 amide bonds. The van der Waals surface area contributed by atoms with Crippen LogP contribution in [0, 0.1) is 5.21 Å². The molecular formula is C6H14ClN3O3. The lowest BCUT2D eigenvalue weighted by Crippen LogP contribution is -2.28. The van der Waals surface area contributed by atoms with Gasteiger partial charge in [0.2, 0.25) is 10.8 Å². The van der Waals surface area contributed by atoms with E-state index >= 15 is 0 Å². The van der Waals surface area contributed by atoms with E-state index in [0.29, 0.717) is 13.0 Å². The summed E-state index contributed by atoms with van der Waals surface area (Å²) in [4.78, 5) is 4.79. The summed E-state index contributed by atoms with van der Waals surface area (Å²) in [7, 11) is 1.54. The van der Waals surface area contributed by atoms with E-state index in [0.717, 1.165) is 0 Å². The summed E-state index contributed by atoms with van der Waals surface area (Å²) >= 11 is 5.39. The third-order valence-electron chi connectivity index (χ3n) is 1.19. The second-order valence-electron chi connectivity index (χ2n) is 2.44. The Balaban J connectivity index is 3.79. The summed E-state index contributed by atoms with van der Waals surface area (Å²) in [6.45, 7) is 1.99. The zero-order valence-electron chi connectivity index (χ0n) is 7.68. The maximum absolute atomic E-state index is 11.0. The highest BCUT2D eigenvalue weighted by molar-refractivity contribution is 6.19. The Morgan fingerprint density at radius 1 is 1.77 bits per heavy atom. The van der Waals surface area contributed by atoms with E-state index < -0.39 is 5.56 Å². The molecule has 78 valence electrons. The summed E-state index contributed by atoms with van der Waals surface area (Å²) in [5, 5.41) is 23.9. The van der Waals surface area contributed by atoms with Crippen LogP contribution in [0.3, 0.4) is 0 Å². The topological polar surface area (TPSA) is 71.1 Å². The zero-order chi connectivity index (χ0) is 10.3. The Hall–Kier alpha value is -0.750. The molecule has 0 aromatic carbocycles. The molecule has 0 aromatic heterocycles. The largest absolute Gasteiger partial charge is 0.569 e. The number of nitrogens with zero attached hydrogens (tertiary/aromatic N) is 3. The van der Waals surface area contributed by atoms with Gasteiger partial charge in [-0.15, -0.1) is 5.01 Å². The second kappa shape index (κ2) is 6.73. The monoisotopic (exact) mass is 211 g/mol. The zero-order valence-corrected chi connectivity index (χ0v) is 8.44. The van der Waals surface area contributed by atoms with E-state index in [1.54, 1.807) is 6.92 Å². The van der Waals surface area contributed by atoms with Crippen LogP contribution in [0.4, 0.5) is 0 Å². The fourth-order valence-corrected chi connectivity index (χ4v) is 0.588. The predicted octanol–water partition coefficient (Wildman–Crippen LogP) is 0.695. The molecule has 1 N–H and O–H groups in total. The Bertz CT molecular complexity index is 165. The SMILES string of the molecule is CC(Cl)O/N=[N+](\[O-])N(C)CCCO. The van der Waals surface area contributed by atoms with Gasteiger partial charge in [0, 0.05) is 6.61 Å². The molecule has 0 aliphatic rings. The molecule has 7 heteroatoms. The average Bonchev–Trinajstić information content (AvgIpc) is 2.10. The first-order valence-corrected chi connectivity index (χ1v) is 4.31. The molecule has 0 rings (SSSR count). The predicted molar refractivity (Wildman–Crippen MR) is 46.8 cm³/mol. The smallest absolute Gasteiger partial charge is 0.234 e. The third-order valence-corrected chi connectivity index (χ3v) is 1.27. The van der Waals surface area contributed by atoms with E-state index in [1.807, 2.05) is 0 Å². The van der Waals surface area contributed by atoms with Crippen molar-refractivity contribution >= 4 is 11.6 Å². The number of hydrazine groups is 1. The van der Waals surface area contributed by atoms with Gasteiger partial charge in [0.15, 0.2) is 0 Å². The van der Waals surface area contributed by atoms with Gasteiger partial charge in [-0.3, -0.25) is 0 Å². The number of aliphatic hydroxyl groups excluding tert-OH is 1. The van der Waals surface area contributed by atoms with Crippen molar-refractivity contribution in [2.75, 3.05) is 20.2 Å². The van der Waals surface area contributed by atoms with Crippen LogP contribution in [0.2, 0.25) is 0 Å². The standard InChI is InChI=1S/C6H14ClN3O3/c1-6(7)13-8-10(12)9(2)4-3-5-11/h6,11H,3-5H2,1-2H3/b10-8-. The van der Waals surface area contributed by atoms with Gasteiger partial charge >= 0.3 is 0 Å². The van der Waals surface area contributed by atoms with Crippen LogP contribution < -0.4 is 0 Å².